The summed E-state index contributed by atoms with van der Waals surface area (Å²) in [5.41, 5.74) is 1.63. The van der Waals surface area contributed by atoms with Gasteiger partial charge in [-0.05, 0) is 48.5 Å². The predicted octanol–water partition coefficient (Wildman–Crippen LogP) is 5.04. The molecule has 3 aromatic carbocycles. The standard InChI is InChI=1S/C24H17Cl2N3O4/c1-33-17-6-4-5-16(13-17)28-22(30)14-9-11-15(12-10-14)27-21-20(26)23(31)29(24(21)32)19-8-3-2-7-18(19)25/h2-13,27H,1H3,(H,28,30). The molecule has 0 spiro atoms. The lowest BCUT2D eigenvalue weighted by atomic mass is 10.2. The molecule has 0 saturated heterocycles. The number of carbonyl (C=O) groups is 3. The fourth-order valence-electron chi connectivity index (χ4n) is 3.22. The zero-order chi connectivity index (χ0) is 23.5. The van der Waals surface area contributed by atoms with Gasteiger partial charge < -0.3 is 15.4 Å². The quantitative estimate of drug-likeness (QED) is 0.481. The molecular formula is C24H17Cl2N3O4. The zero-order valence-corrected chi connectivity index (χ0v) is 18.8. The van der Waals surface area contributed by atoms with Crippen molar-refractivity contribution in [3.63, 3.8) is 0 Å². The highest BCUT2D eigenvalue weighted by Crippen LogP contribution is 2.34. The van der Waals surface area contributed by atoms with Gasteiger partial charge in [0, 0.05) is 23.0 Å². The second-order valence-electron chi connectivity index (χ2n) is 6.97. The van der Waals surface area contributed by atoms with Crippen molar-refractivity contribution in [2.45, 2.75) is 0 Å². The Balaban J connectivity index is 1.48. The largest absolute Gasteiger partial charge is 0.497 e. The number of ether oxygens (including phenoxy) is 1. The Kier molecular flexibility index (Phi) is 6.35. The zero-order valence-electron chi connectivity index (χ0n) is 17.3. The van der Waals surface area contributed by atoms with Gasteiger partial charge in [-0.2, -0.15) is 0 Å². The summed E-state index contributed by atoms with van der Waals surface area (Å²) in [5.74, 6) is -0.993. The first-order chi connectivity index (χ1) is 15.9. The number of anilines is 3. The van der Waals surface area contributed by atoms with Gasteiger partial charge in [-0.1, -0.05) is 41.4 Å². The third-order valence-electron chi connectivity index (χ3n) is 4.86. The minimum Gasteiger partial charge on any atom is -0.497 e. The van der Waals surface area contributed by atoms with Crippen LogP contribution < -0.4 is 20.3 Å². The molecule has 3 aromatic rings. The number of hydrogen-bond acceptors (Lipinski definition) is 5. The van der Waals surface area contributed by atoms with Gasteiger partial charge in [0.1, 0.15) is 16.5 Å². The highest BCUT2D eigenvalue weighted by molar-refractivity contribution is 6.53. The average Bonchev–Trinajstić information content (AvgIpc) is 3.03. The lowest BCUT2D eigenvalue weighted by Crippen LogP contribution is -2.32. The molecule has 0 unspecified atom stereocenters. The Morgan fingerprint density at radius 3 is 2.30 bits per heavy atom. The number of amides is 3. The summed E-state index contributed by atoms with van der Waals surface area (Å²) in [5, 5.41) is 5.65. The van der Waals surface area contributed by atoms with Gasteiger partial charge in [0.25, 0.3) is 17.7 Å². The first-order valence-corrected chi connectivity index (χ1v) is 10.5. The van der Waals surface area contributed by atoms with Crippen LogP contribution >= 0.6 is 23.2 Å². The second-order valence-corrected chi connectivity index (χ2v) is 7.76. The molecule has 7 nitrogen and oxygen atoms in total. The van der Waals surface area contributed by atoms with Crippen LogP contribution in [-0.2, 0) is 9.59 Å². The summed E-state index contributed by atoms with van der Waals surface area (Å²) in [4.78, 5) is 38.9. The third-order valence-corrected chi connectivity index (χ3v) is 5.53. The van der Waals surface area contributed by atoms with E-state index in [4.69, 9.17) is 27.9 Å². The van der Waals surface area contributed by atoms with Gasteiger partial charge in [-0.3, -0.25) is 14.4 Å². The van der Waals surface area contributed by atoms with Crippen LogP contribution in [0.4, 0.5) is 17.1 Å². The summed E-state index contributed by atoms with van der Waals surface area (Å²) in [6, 6.07) is 19.9. The first kappa shape index (κ1) is 22.4. The van der Waals surface area contributed by atoms with E-state index in [2.05, 4.69) is 10.6 Å². The number of para-hydroxylation sites is 1. The Labute approximate surface area is 199 Å². The Hall–Kier alpha value is -3.81. The number of imide groups is 1. The molecule has 2 N–H and O–H groups in total. The summed E-state index contributed by atoms with van der Waals surface area (Å²) < 4.78 is 5.15. The highest BCUT2D eigenvalue weighted by atomic mass is 35.5. The molecular weight excluding hydrogens is 465 g/mol. The van der Waals surface area contributed by atoms with Crippen LogP contribution in [0.25, 0.3) is 0 Å². The number of rotatable bonds is 6. The lowest BCUT2D eigenvalue weighted by Gasteiger charge is -2.16. The topological polar surface area (TPSA) is 87.7 Å². The molecule has 0 saturated carbocycles. The fourth-order valence-corrected chi connectivity index (χ4v) is 3.65. The SMILES string of the molecule is COc1cccc(NC(=O)c2ccc(NC3=C(Cl)C(=O)N(c4ccccc4Cl)C3=O)cc2)c1. The van der Waals surface area contributed by atoms with E-state index < -0.39 is 11.8 Å². The summed E-state index contributed by atoms with van der Waals surface area (Å²) in [6.45, 7) is 0. The van der Waals surface area contributed by atoms with Crippen LogP contribution in [0.15, 0.2) is 83.5 Å². The van der Waals surface area contributed by atoms with Gasteiger partial charge in [-0.25, -0.2) is 4.90 Å². The maximum Gasteiger partial charge on any atom is 0.283 e. The molecule has 0 aromatic heterocycles. The molecule has 1 heterocycles. The van der Waals surface area contributed by atoms with Gasteiger partial charge in [-0.15, -0.1) is 0 Å². The van der Waals surface area contributed by atoms with Crippen molar-refractivity contribution in [3.8, 4) is 5.75 Å². The number of hydrogen-bond donors (Lipinski definition) is 2. The number of benzene rings is 3. The maximum absolute atomic E-state index is 12.9. The number of carbonyl (C=O) groups excluding carboxylic acids is 3. The second kappa shape index (κ2) is 9.36. The molecule has 0 bridgehead atoms. The molecule has 0 radical (unpaired) electrons. The van der Waals surface area contributed by atoms with Gasteiger partial charge in [0.05, 0.1) is 17.8 Å². The molecule has 0 atom stereocenters. The molecule has 4 rings (SSSR count). The Morgan fingerprint density at radius 2 is 1.61 bits per heavy atom. The Bertz CT molecular complexity index is 1290. The molecule has 33 heavy (non-hydrogen) atoms. The highest BCUT2D eigenvalue weighted by Gasteiger charge is 2.39. The summed E-state index contributed by atoms with van der Waals surface area (Å²) >= 11 is 12.3. The lowest BCUT2D eigenvalue weighted by molar-refractivity contribution is -0.120. The van der Waals surface area contributed by atoms with Crippen molar-refractivity contribution >= 4 is 58.0 Å². The van der Waals surface area contributed by atoms with E-state index in [1.807, 2.05) is 0 Å². The molecule has 3 amide bonds. The van der Waals surface area contributed by atoms with Crippen LogP contribution in [0.1, 0.15) is 10.4 Å². The van der Waals surface area contributed by atoms with Crippen LogP contribution in [0.5, 0.6) is 5.75 Å². The predicted molar refractivity (Wildman–Crippen MR) is 128 cm³/mol. The molecule has 1 aliphatic heterocycles. The molecule has 0 fully saturated rings. The molecule has 0 aliphatic carbocycles. The first-order valence-electron chi connectivity index (χ1n) is 9.74. The Morgan fingerprint density at radius 1 is 0.879 bits per heavy atom. The monoisotopic (exact) mass is 481 g/mol. The number of nitrogens with one attached hydrogen (secondary N) is 2. The number of halogens is 2. The van der Waals surface area contributed by atoms with E-state index in [-0.39, 0.29) is 27.3 Å². The van der Waals surface area contributed by atoms with Crippen molar-refractivity contribution < 1.29 is 19.1 Å². The third kappa shape index (κ3) is 4.55. The van der Waals surface area contributed by atoms with Crippen LogP contribution in [0.2, 0.25) is 5.02 Å². The van der Waals surface area contributed by atoms with Crippen LogP contribution in [0, 0.1) is 0 Å². The normalized spacial score (nSPS) is 13.4. The molecule has 9 heteroatoms. The maximum atomic E-state index is 12.9. The van der Waals surface area contributed by atoms with Gasteiger partial charge in [0.2, 0.25) is 0 Å². The number of nitrogens with zero attached hydrogens (tertiary/aromatic N) is 1. The van der Waals surface area contributed by atoms with Crippen molar-refractivity contribution in [2.75, 3.05) is 22.6 Å². The average molecular weight is 482 g/mol. The van der Waals surface area contributed by atoms with E-state index in [1.165, 1.54) is 0 Å². The summed E-state index contributed by atoms with van der Waals surface area (Å²) in [6.07, 6.45) is 0. The van der Waals surface area contributed by atoms with Crippen molar-refractivity contribution in [2.24, 2.45) is 0 Å². The fraction of sp³-hybridized carbons (Fsp3) is 0.0417. The van der Waals surface area contributed by atoms with Gasteiger partial charge in [0.15, 0.2) is 0 Å². The van der Waals surface area contributed by atoms with E-state index in [1.54, 1.807) is 79.9 Å². The van der Waals surface area contributed by atoms with Crippen LogP contribution in [-0.4, -0.2) is 24.8 Å². The minimum absolute atomic E-state index is 0.0739. The van der Waals surface area contributed by atoms with Gasteiger partial charge >= 0.3 is 0 Å². The van der Waals surface area contributed by atoms with Crippen LogP contribution in [0.3, 0.4) is 0 Å². The molecule has 166 valence electrons. The smallest absolute Gasteiger partial charge is 0.283 e. The van der Waals surface area contributed by atoms with E-state index in [0.717, 1.165) is 4.90 Å². The summed E-state index contributed by atoms with van der Waals surface area (Å²) in [7, 11) is 1.55. The van der Waals surface area contributed by atoms with E-state index in [9.17, 15) is 14.4 Å². The molecule has 1 aliphatic rings. The number of methoxy groups -OCH3 is 1. The van der Waals surface area contributed by atoms with Crippen molar-refractivity contribution in [3.05, 3.63) is 94.1 Å². The van der Waals surface area contributed by atoms with Crippen molar-refractivity contribution in [1.82, 2.24) is 0 Å². The van der Waals surface area contributed by atoms with Crippen molar-refractivity contribution in [1.29, 1.82) is 0 Å². The minimum atomic E-state index is -0.674. The van der Waals surface area contributed by atoms with E-state index in [0.29, 0.717) is 22.7 Å². The van der Waals surface area contributed by atoms with E-state index >= 15 is 0 Å².